The first kappa shape index (κ1) is 23.1. The van der Waals surface area contributed by atoms with E-state index >= 15 is 0 Å². The van der Waals surface area contributed by atoms with E-state index in [4.69, 9.17) is 0 Å². The molecule has 0 saturated heterocycles. The number of aliphatic hydroxyl groups excluding tert-OH is 2. The van der Waals surface area contributed by atoms with Crippen molar-refractivity contribution in [2.75, 3.05) is 0 Å². The molecule has 0 bridgehead atoms. The molecule has 4 atom stereocenters. The molecule has 2 aliphatic carbocycles. The van der Waals surface area contributed by atoms with Crippen molar-refractivity contribution in [3.63, 3.8) is 0 Å². The van der Waals surface area contributed by atoms with Crippen molar-refractivity contribution in [3.8, 4) is 11.3 Å². The van der Waals surface area contributed by atoms with Crippen LogP contribution < -0.4 is 0 Å². The molecule has 1 radical (unpaired) electrons. The zero-order valence-electron chi connectivity index (χ0n) is 17.4. The van der Waals surface area contributed by atoms with Gasteiger partial charge in [0.2, 0.25) is 0 Å². The van der Waals surface area contributed by atoms with Crippen LogP contribution in [-0.4, -0.2) is 27.4 Å². The quantitative estimate of drug-likeness (QED) is 0.384. The summed E-state index contributed by atoms with van der Waals surface area (Å²) < 4.78 is 0. The topological polar surface area (TPSA) is 53.4 Å². The van der Waals surface area contributed by atoms with E-state index in [1.54, 1.807) is 0 Å². The van der Waals surface area contributed by atoms with E-state index in [-0.39, 0.29) is 38.2 Å². The van der Waals surface area contributed by atoms with Crippen LogP contribution in [0.4, 0.5) is 0 Å². The summed E-state index contributed by atoms with van der Waals surface area (Å²) in [6, 6.07) is 19.6. The van der Waals surface area contributed by atoms with Gasteiger partial charge in [-0.2, -0.15) is 0 Å². The minimum Gasteiger partial charge on any atom is -0.393 e. The average Bonchev–Trinajstić information content (AvgIpc) is 3.01. The van der Waals surface area contributed by atoms with Crippen LogP contribution in [0.2, 0.25) is 0 Å². The van der Waals surface area contributed by atoms with Gasteiger partial charge in [-0.3, -0.25) is 0 Å². The third kappa shape index (κ3) is 5.36. The van der Waals surface area contributed by atoms with Crippen LogP contribution in [-0.2, 0) is 20.1 Å². The minimum atomic E-state index is -0.227. The van der Waals surface area contributed by atoms with E-state index in [9.17, 15) is 10.2 Å². The van der Waals surface area contributed by atoms with Gasteiger partial charge in [-0.25, -0.2) is 0 Å². The number of hydrogen-bond donors (Lipinski definition) is 2. The second-order valence-electron chi connectivity index (χ2n) is 8.53. The number of nitrogens with zero attached hydrogens (tertiary/aromatic N) is 1. The summed E-state index contributed by atoms with van der Waals surface area (Å²) in [5.41, 5.74) is 3.27. The first-order valence-electron chi connectivity index (χ1n) is 10.8. The number of aliphatic hydroxyl groups is 2. The summed E-state index contributed by atoms with van der Waals surface area (Å²) in [5.74, 6) is 0.810. The summed E-state index contributed by atoms with van der Waals surface area (Å²) in [5, 5.41) is 21.8. The molecular formula is C26H30IrNO2-. The van der Waals surface area contributed by atoms with E-state index in [0.717, 1.165) is 36.9 Å². The number of pyridine rings is 1. The standard InChI is InChI=1S/C16H12N.C10H18O2.Ir/c1-12-7-8-14-10-16(17-11-15(14)9-12)13-5-3-2-4-6-13;11-8-4-2-1-3-7-5-6-9(12)10(7)8;/h2-5,7-11H,1H3;7-12H,1-6H2;/q-1;;. The molecule has 2 aromatic carbocycles. The molecule has 2 N–H and O–H groups in total. The van der Waals surface area contributed by atoms with E-state index in [2.05, 4.69) is 42.2 Å². The molecule has 3 nitrogen and oxygen atoms in total. The van der Waals surface area contributed by atoms with Gasteiger partial charge in [0.15, 0.2) is 0 Å². The molecule has 1 heterocycles. The zero-order valence-corrected chi connectivity index (χ0v) is 19.8. The Labute approximate surface area is 192 Å². The van der Waals surface area contributed by atoms with E-state index in [1.807, 2.05) is 30.5 Å². The maximum atomic E-state index is 9.77. The molecule has 1 aromatic heterocycles. The summed E-state index contributed by atoms with van der Waals surface area (Å²) >= 11 is 0. The molecule has 4 unspecified atom stereocenters. The second kappa shape index (κ2) is 10.6. The summed E-state index contributed by atoms with van der Waals surface area (Å²) in [6.07, 6.45) is 8.02. The number of aromatic nitrogens is 1. The molecule has 3 aromatic rings. The molecular weight excluding hydrogens is 551 g/mol. The largest absolute Gasteiger partial charge is 0.393 e. The second-order valence-corrected chi connectivity index (χ2v) is 8.53. The predicted octanol–water partition coefficient (Wildman–Crippen LogP) is 5.32. The Hall–Kier alpha value is -1.58. The molecule has 0 aliphatic heterocycles. The van der Waals surface area contributed by atoms with Crippen LogP contribution in [0, 0.1) is 24.8 Å². The average molecular weight is 581 g/mol. The van der Waals surface area contributed by atoms with Crippen LogP contribution in [0.1, 0.15) is 44.1 Å². The van der Waals surface area contributed by atoms with Gasteiger partial charge < -0.3 is 15.2 Å². The smallest absolute Gasteiger partial charge is 0.0595 e. The van der Waals surface area contributed by atoms with E-state index in [1.165, 1.54) is 29.2 Å². The Morgan fingerprint density at radius 3 is 2.50 bits per heavy atom. The van der Waals surface area contributed by atoms with Crippen molar-refractivity contribution in [2.45, 2.75) is 57.7 Å². The van der Waals surface area contributed by atoms with Crippen LogP contribution in [0.25, 0.3) is 22.0 Å². The summed E-state index contributed by atoms with van der Waals surface area (Å²) in [6.45, 7) is 2.10. The van der Waals surface area contributed by atoms with E-state index < -0.39 is 0 Å². The first-order chi connectivity index (χ1) is 14.1. The Morgan fingerprint density at radius 1 is 0.900 bits per heavy atom. The number of aryl methyl sites for hydroxylation is 1. The van der Waals surface area contributed by atoms with Crippen LogP contribution in [0.3, 0.4) is 0 Å². The van der Waals surface area contributed by atoms with Gasteiger partial charge in [-0.1, -0.05) is 36.6 Å². The first-order valence-corrected chi connectivity index (χ1v) is 10.8. The number of fused-ring (bicyclic) bond motifs is 2. The van der Waals surface area contributed by atoms with Gasteiger partial charge in [0.1, 0.15) is 0 Å². The summed E-state index contributed by atoms with van der Waals surface area (Å²) in [4.78, 5) is 4.49. The maximum absolute atomic E-state index is 9.77. The van der Waals surface area contributed by atoms with Gasteiger partial charge >= 0.3 is 0 Å². The monoisotopic (exact) mass is 581 g/mol. The molecule has 2 aliphatic rings. The normalized spacial score (nSPS) is 25.4. The van der Waals surface area contributed by atoms with E-state index in [0.29, 0.717) is 5.92 Å². The fourth-order valence-corrected chi connectivity index (χ4v) is 4.90. The summed E-state index contributed by atoms with van der Waals surface area (Å²) in [7, 11) is 0. The molecule has 0 amide bonds. The maximum Gasteiger partial charge on any atom is 0.0595 e. The van der Waals surface area contributed by atoms with Gasteiger partial charge in [0, 0.05) is 32.2 Å². The molecule has 4 heteroatoms. The van der Waals surface area contributed by atoms with Gasteiger partial charge in [0.05, 0.1) is 12.2 Å². The molecule has 30 heavy (non-hydrogen) atoms. The van der Waals surface area contributed by atoms with Crippen molar-refractivity contribution >= 4 is 10.8 Å². The Bertz CT molecular complexity index is 946. The Morgan fingerprint density at radius 2 is 1.70 bits per heavy atom. The van der Waals surface area contributed by atoms with Crippen molar-refractivity contribution in [1.29, 1.82) is 0 Å². The van der Waals surface area contributed by atoms with Crippen LogP contribution in [0.5, 0.6) is 0 Å². The fourth-order valence-electron chi connectivity index (χ4n) is 4.90. The number of rotatable bonds is 1. The predicted molar refractivity (Wildman–Crippen MR) is 117 cm³/mol. The van der Waals surface area contributed by atoms with Crippen molar-refractivity contribution in [2.24, 2.45) is 11.8 Å². The molecule has 2 fully saturated rings. The zero-order chi connectivity index (χ0) is 20.2. The van der Waals surface area contributed by atoms with Gasteiger partial charge in [-0.05, 0) is 61.1 Å². The van der Waals surface area contributed by atoms with Crippen LogP contribution >= 0.6 is 0 Å². The third-order valence-corrected chi connectivity index (χ3v) is 6.45. The number of hydrogen-bond acceptors (Lipinski definition) is 3. The van der Waals surface area contributed by atoms with Crippen LogP contribution in [0.15, 0.2) is 54.7 Å². The molecule has 161 valence electrons. The minimum absolute atomic E-state index is 0. The SMILES string of the molecule is Cc1ccc2cc(-c3[c-]cccc3)ncc2c1.OC1CCCCC2CCC(O)C12.[Ir]. The number of benzene rings is 2. The molecule has 2 saturated carbocycles. The Kier molecular flexibility index (Phi) is 8.19. The molecule has 0 spiro atoms. The Balaban J connectivity index is 0.000000175. The third-order valence-electron chi connectivity index (χ3n) is 6.45. The van der Waals surface area contributed by atoms with Crippen molar-refractivity contribution < 1.29 is 30.3 Å². The fraction of sp³-hybridized carbons (Fsp3) is 0.423. The van der Waals surface area contributed by atoms with Crippen molar-refractivity contribution in [1.82, 2.24) is 4.98 Å². The van der Waals surface area contributed by atoms with Crippen molar-refractivity contribution in [3.05, 3.63) is 66.4 Å². The molecule has 5 rings (SSSR count). The van der Waals surface area contributed by atoms with Gasteiger partial charge in [0.25, 0.3) is 0 Å². The van der Waals surface area contributed by atoms with Gasteiger partial charge in [-0.15, -0.1) is 35.9 Å².